The average Bonchev–Trinajstić information content (AvgIpc) is 2.17. The van der Waals surface area contributed by atoms with E-state index in [1.165, 1.54) is 31.6 Å². The summed E-state index contributed by atoms with van der Waals surface area (Å²) in [6.07, 6.45) is 2.57. The third-order valence-corrected chi connectivity index (χ3v) is 2.76. The van der Waals surface area contributed by atoms with Gasteiger partial charge in [0.05, 0.1) is 5.71 Å². The van der Waals surface area contributed by atoms with Gasteiger partial charge >= 0.3 is 0 Å². The molecule has 0 spiro atoms. The van der Waals surface area contributed by atoms with Gasteiger partial charge in [-0.3, -0.25) is 4.90 Å². The molecular formula is C9H16N2O. The molecule has 0 saturated carbocycles. The SMILES string of the molecule is CCON=C1CN2CCC1CC2. The zero-order valence-corrected chi connectivity index (χ0v) is 7.62. The molecule has 0 aliphatic carbocycles. The number of piperidine rings is 3. The number of hydrogen-bond acceptors (Lipinski definition) is 3. The first-order valence-corrected chi connectivity index (χ1v) is 4.81. The van der Waals surface area contributed by atoms with Crippen LogP contribution in [-0.4, -0.2) is 36.9 Å². The van der Waals surface area contributed by atoms with E-state index in [9.17, 15) is 0 Å². The lowest BCUT2D eigenvalue weighted by Gasteiger charge is -2.39. The zero-order chi connectivity index (χ0) is 8.39. The number of fused-ring (bicyclic) bond motifs is 3. The fraction of sp³-hybridized carbons (Fsp3) is 0.889. The predicted octanol–water partition coefficient (Wildman–Crippen LogP) is 1.10. The van der Waals surface area contributed by atoms with Crippen molar-refractivity contribution in [1.82, 2.24) is 4.90 Å². The van der Waals surface area contributed by atoms with Gasteiger partial charge in [0.25, 0.3) is 0 Å². The minimum absolute atomic E-state index is 0.691. The summed E-state index contributed by atoms with van der Waals surface area (Å²) in [6, 6.07) is 0. The third kappa shape index (κ3) is 1.46. The lowest BCUT2D eigenvalue weighted by molar-refractivity contribution is 0.141. The van der Waals surface area contributed by atoms with Gasteiger partial charge in [0.2, 0.25) is 0 Å². The van der Waals surface area contributed by atoms with Crippen LogP contribution >= 0.6 is 0 Å². The second-order valence-corrected chi connectivity index (χ2v) is 3.55. The fourth-order valence-corrected chi connectivity index (χ4v) is 2.03. The minimum Gasteiger partial charge on any atom is -0.396 e. The Labute approximate surface area is 73.4 Å². The number of rotatable bonds is 2. The van der Waals surface area contributed by atoms with Gasteiger partial charge in [-0.05, 0) is 32.9 Å². The number of nitrogens with zero attached hydrogens (tertiary/aromatic N) is 2. The largest absolute Gasteiger partial charge is 0.396 e. The van der Waals surface area contributed by atoms with Crippen molar-refractivity contribution in [3.8, 4) is 0 Å². The maximum absolute atomic E-state index is 5.09. The van der Waals surface area contributed by atoms with Crippen molar-refractivity contribution in [3.63, 3.8) is 0 Å². The van der Waals surface area contributed by atoms with Gasteiger partial charge in [0, 0.05) is 12.5 Å². The maximum Gasteiger partial charge on any atom is 0.114 e. The first-order valence-electron chi connectivity index (χ1n) is 4.81. The summed E-state index contributed by atoms with van der Waals surface area (Å²) < 4.78 is 0. The summed E-state index contributed by atoms with van der Waals surface area (Å²) in [4.78, 5) is 7.54. The standard InChI is InChI=1S/C9H16N2O/c1-2-12-10-9-7-11-5-3-8(9)4-6-11/h8H,2-7H2,1H3. The van der Waals surface area contributed by atoms with E-state index in [1.807, 2.05) is 6.92 Å². The van der Waals surface area contributed by atoms with Gasteiger partial charge in [-0.2, -0.15) is 0 Å². The van der Waals surface area contributed by atoms with E-state index in [0.29, 0.717) is 6.61 Å². The monoisotopic (exact) mass is 168 g/mol. The molecule has 0 unspecified atom stereocenters. The molecule has 2 bridgehead atoms. The van der Waals surface area contributed by atoms with Crippen LogP contribution in [0.5, 0.6) is 0 Å². The Kier molecular flexibility index (Phi) is 2.30. The Bertz CT molecular complexity index is 183. The van der Waals surface area contributed by atoms with Crippen molar-refractivity contribution in [2.45, 2.75) is 19.8 Å². The highest BCUT2D eigenvalue weighted by molar-refractivity contribution is 5.89. The Morgan fingerprint density at radius 1 is 1.50 bits per heavy atom. The van der Waals surface area contributed by atoms with Gasteiger partial charge in [-0.15, -0.1) is 0 Å². The van der Waals surface area contributed by atoms with Crippen LogP contribution in [-0.2, 0) is 4.84 Å². The number of oxime groups is 1. The van der Waals surface area contributed by atoms with Crippen molar-refractivity contribution in [3.05, 3.63) is 0 Å². The molecule has 0 amide bonds. The van der Waals surface area contributed by atoms with Crippen molar-refractivity contribution >= 4 is 5.71 Å². The van der Waals surface area contributed by atoms with Crippen LogP contribution in [0.15, 0.2) is 5.16 Å². The van der Waals surface area contributed by atoms with Gasteiger partial charge in [0.1, 0.15) is 6.61 Å². The van der Waals surface area contributed by atoms with E-state index >= 15 is 0 Å². The second-order valence-electron chi connectivity index (χ2n) is 3.55. The topological polar surface area (TPSA) is 24.8 Å². The molecule has 0 aromatic carbocycles. The lowest BCUT2D eigenvalue weighted by Crippen LogP contribution is -2.47. The van der Waals surface area contributed by atoms with Crippen molar-refractivity contribution in [1.29, 1.82) is 0 Å². The smallest absolute Gasteiger partial charge is 0.114 e. The van der Waals surface area contributed by atoms with E-state index in [-0.39, 0.29) is 0 Å². The second kappa shape index (κ2) is 3.44. The van der Waals surface area contributed by atoms with Crippen LogP contribution < -0.4 is 0 Å². The normalized spacial score (nSPS) is 37.2. The summed E-state index contributed by atoms with van der Waals surface area (Å²) in [5, 5.41) is 4.16. The molecule has 3 saturated heterocycles. The van der Waals surface area contributed by atoms with Crippen LogP contribution in [0.4, 0.5) is 0 Å². The summed E-state index contributed by atoms with van der Waals surface area (Å²) >= 11 is 0. The molecule has 3 fully saturated rings. The molecule has 0 aromatic heterocycles. The molecule has 68 valence electrons. The third-order valence-electron chi connectivity index (χ3n) is 2.76. The summed E-state index contributed by atoms with van der Waals surface area (Å²) in [5.74, 6) is 0.724. The summed E-state index contributed by atoms with van der Waals surface area (Å²) in [5.41, 5.74) is 1.27. The van der Waals surface area contributed by atoms with Gasteiger partial charge < -0.3 is 4.84 Å². The molecule has 3 nitrogen and oxygen atoms in total. The molecule has 0 radical (unpaired) electrons. The van der Waals surface area contributed by atoms with E-state index in [0.717, 1.165) is 12.5 Å². The quantitative estimate of drug-likeness (QED) is 0.577. The number of hydrogen-bond donors (Lipinski definition) is 0. The Morgan fingerprint density at radius 2 is 2.25 bits per heavy atom. The van der Waals surface area contributed by atoms with Crippen LogP contribution in [0.1, 0.15) is 19.8 Å². The first kappa shape index (κ1) is 8.05. The predicted molar refractivity (Wildman–Crippen MR) is 48.2 cm³/mol. The molecule has 3 aliphatic rings. The molecule has 3 aliphatic heterocycles. The van der Waals surface area contributed by atoms with Crippen molar-refractivity contribution in [2.75, 3.05) is 26.2 Å². The van der Waals surface area contributed by atoms with Gasteiger partial charge in [-0.25, -0.2) is 0 Å². The Hall–Kier alpha value is -0.570. The summed E-state index contributed by atoms with van der Waals surface area (Å²) in [6.45, 7) is 6.23. The molecule has 12 heavy (non-hydrogen) atoms. The Morgan fingerprint density at radius 3 is 2.75 bits per heavy atom. The highest BCUT2D eigenvalue weighted by Crippen LogP contribution is 2.25. The molecule has 0 atom stereocenters. The zero-order valence-electron chi connectivity index (χ0n) is 7.62. The van der Waals surface area contributed by atoms with E-state index < -0.39 is 0 Å². The molecule has 3 heterocycles. The molecule has 0 N–H and O–H groups in total. The molecule has 3 rings (SSSR count). The maximum atomic E-state index is 5.09. The van der Waals surface area contributed by atoms with Crippen LogP contribution in [0.2, 0.25) is 0 Å². The van der Waals surface area contributed by atoms with Crippen LogP contribution in [0.3, 0.4) is 0 Å². The molecular weight excluding hydrogens is 152 g/mol. The van der Waals surface area contributed by atoms with E-state index in [2.05, 4.69) is 10.1 Å². The van der Waals surface area contributed by atoms with Crippen molar-refractivity contribution < 1.29 is 4.84 Å². The van der Waals surface area contributed by atoms with Crippen LogP contribution in [0.25, 0.3) is 0 Å². The minimum atomic E-state index is 0.691. The Balaban J connectivity index is 1.99. The fourth-order valence-electron chi connectivity index (χ4n) is 2.03. The highest BCUT2D eigenvalue weighted by atomic mass is 16.6. The van der Waals surface area contributed by atoms with Gasteiger partial charge in [-0.1, -0.05) is 5.16 Å². The van der Waals surface area contributed by atoms with Crippen LogP contribution in [0, 0.1) is 5.92 Å². The first-order chi connectivity index (χ1) is 5.90. The van der Waals surface area contributed by atoms with Crippen molar-refractivity contribution in [2.24, 2.45) is 11.1 Å². The molecule has 0 aromatic rings. The highest BCUT2D eigenvalue weighted by Gasteiger charge is 2.31. The van der Waals surface area contributed by atoms with Gasteiger partial charge in [0.15, 0.2) is 0 Å². The average molecular weight is 168 g/mol. The summed E-state index contributed by atoms with van der Waals surface area (Å²) in [7, 11) is 0. The van der Waals surface area contributed by atoms with E-state index in [4.69, 9.17) is 4.84 Å². The molecule has 3 heteroatoms. The lowest BCUT2D eigenvalue weighted by atomic mass is 9.87. The van der Waals surface area contributed by atoms with E-state index in [1.54, 1.807) is 0 Å².